The lowest BCUT2D eigenvalue weighted by atomic mass is 10.0. The van der Waals surface area contributed by atoms with Gasteiger partial charge in [0.15, 0.2) is 11.5 Å². The van der Waals surface area contributed by atoms with Gasteiger partial charge in [-0.3, -0.25) is 9.48 Å². The van der Waals surface area contributed by atoms with Crippen LogP contribution in [0.15, 0.2) is 18.2 Å². The number of ether oxygens (including phenoxy) is 2. The highest BCUT2D eigenvalue weighted by atomic mass is 16.7. The summed E-state index contributed by atoms with van der Waals surface area (Å²) in [6, 6.07) is 5.56. The first-order valence-corrected chi connectivity index (χ1v) is 8.27. The quantitative estimate of drug-likeness (QED) is 0.851. The van der Waals surface area contributed by atoms with E-state index in [4.69, 9.17) is 9.47 Å². The molecule has 0 radical (unpaired) electrons. The largest absolute Gasteiger partial charge is 0.454 e. The minimum atomic E-state index is 0.00232. The van der Waals surface area contributed by atoms with Gasteiger partial charge in [-0.15, -0.1) is 0 Å². The molecular formula is C18H21N3O3. The first kappa shape index (κ1) is 15.1. The molecule has 24 heavy (non-hydrogen) atoms. The Morgan fingerprint density at radius 2 is 2.12 bits per heavy atom. The number of benzene rings is 1. The number of nitrogens with zero attached hydrogens (tertiary/aromatic N) is 3. The van der Waals surface area contributed by atoms with Crippen LogP contribution in [0, 0.1) is 13.8 Å². The number of amides is 1. The number of likely N-dealkylation sites (tertiary alicyclic amines) is 1. The van der Waals surface area contributed by atoms with Gasteiger partial charge < -0.3 is 14.4 Å². The van der Waals surface area contributed by atoms with Crippen molar-refractivity contribution >= 4 is 5.91 Å². The van der Waals surface area contributed by atoms with Crippen molar-refractivity contribution in [1.82, 2.24) is 14.7 Å². The third-order valence-corrected chi connectivity index (χ3v) is 5.04. The van der Waals surface area contributed by atoms with E-state index in [-0.39, 0.29) is 18.7 Å². The van der Waals surface area contributed by atoms with Crippen molar-refractivity contribution < 1.29 is 14.3 Å². The molecule has 1 aromatic carbocycles. The summed E-state index contributed by atoms with van der Waals surface area (Å²) in [5, 5.41) is 4.51. The van der Waals surface area contributed by atoms with Crippen molar-refractivity contribution in [2.24, 2.45) is 7.05 Å². The van der Waals surface area contributed by atoms with Gasteiger partial charge in [0, 0.05) is 24.8 Å². The van der Waals surface area contributed by atoms with Crippen LogP contribution in [0.2, 0.25) is 0 Å². The smallest absolute Gasteiger partial charge is 0.258 e. The molecule has 1 amide bonds. The Bertz CT molecular complexity index is 812. The molecule has 0 aliphatic carbocycles. The van der Waals surface area contributed by atoms with E-state index in [9.17, 15) is 4.79 Å². The third-order valence-electron chi connectivity index (χ3n) is 5.04. The molecular weight excluding hydrogens is 306 g/mol. The maximum absolute atomic E-state index is 13.2. The summed E-state index contributed by atoms with van der Waals surface area (Å²) in [5.41, 5.74) is 3.87. The number of carbonyl (C=O) groups excluding carboxylic acids is 1. The molecule has 0 N–H and O–H groups in total. The van der Waals surface area contributed by atoms with E-state index in [0.29, 0.717) is 17.1 Å². The summed E-state index contributed by atoms with van der Waals surface area (Å²) in [4.78, 5) is 15.1. The Labute approximate surface area is 141 Å². The first-order chi connectivity index (χ1) is 11.6. The SMILES string of the molecule is Cc1nn(C)c(C)c1C1CCCN1C(=O)c1cccc2c1OCO2. The molecule has 1 saturated heterocycles. The predicted octanol–water partition coefficient (Wildman–Crippen LogP) is 2.74. The van der Waals surface area contributed by atoms with Crippen LogP contribution in [0.5, 0.6) is 11.5 Å². The minimum Gasteiger partial charge on any atom is -0.454 e. The number of aryl methyl sites for hydroxylation is 2. The minimum absolute atomic E-state index is 0.00232. The highest BCUT2D eigenvalue weighted by Crippen LogP contribution is 2.40. The molecule has 6 nitrogen and oxygen atoms in total. The molecule has 126 valence electrons. The van der Waals surface area contributed by atoms with Crippen LogP contribution < -0.4 is 9.47 Å². The number of hydrogen-bond donors (Lipinski definition) is 0. The number of fused-ring (bicyclic) bond motifs is 1. The maximum Gasteiger partial charge on any atom is 0.258 e. The van der Waals surface area contributed by atoms with Crippen LogP contribution >= 0.6 is 0 Å². The van der Waals surface area contributed by atoms with Gasteiger partial charge in [0.1, 0.15) is 0 Å². The fourth-order valence-corrected chi connectivity index (χ4v) is 3.84. The first-order valence-electron chi connectivity index (χ1n) is 8.27. The van der Waals surface area contributed by atoms with Crippen LogP contribution in [0.1, 0.15) is 46.2 Å². The molecule has 2 aliphatic heterocycles. The van der Waals surface area contributed by atoms with Crippen LogP contribution in [0.4, 0.5) is 0 Å². The Kier molecular flexibility index (Phi) is 3.48. The lowest BCUT2D eigenvalue weighted by Crippen LogP contribution is -2.31. The molecule has 1 unspecified atom stereocenters. The van der Waals surface area contributed by atoms with E-state index in [0.717, 1.165) is 30.8 Å². The number of para-hydroxylation sites is 1. The Morgan fingerprint density at radius 1 is 1.29 bits per heavy atom. The predicted molar refractivity (Wildman–Crippen MR) is 88.3 cm³/mol. The van der Waals surface area contributed by atoms with Gasteiger partial charge in [0.2, 0.25) is 6.79 Å². The Balaban J connectivity index is 1.71. The normalized spacial score (nSPS) is 19.1. The van der Waals surface area contributed by atoms with Gasteiger partial charge in [-0.25, -0.2) is 0 Å². The summed E-state index contributed by atoms with van der Waals surface area (Å²) in [7, 11) is 1.95. The van der Waals surface area contributed by atoms with E-state index in [1.165, 1.54) is 5.56 Å². The molecule has 0 bridgehead atoms. The fraction of sp³-hybridized carbons (Fsp3) is 0.444. The average Bonchev–Trinajstić information content (AvgIpc) is 3.26. The number of hydrogen-bond acceptors (Lipinski definition) is 4. The highest BCUT2D eigenvalue weighted by Gasteiger charge is 2.36. The summed E-state index contributed by atoms with van der Waals surface area (Å²) in [5.74, 6) is 1.21. The molecule has 4 rings (SSSR count). The summed E-state index contributed by atoms with van der Waals surface area (Å²) >= 11 is 0. The molecule has 0 saturated carbocycles. The zero-order valence-electron chi connectivity index (χ0n) is 14.2. The summed E-state index contributed by atoms with van der Waals surface area (Å²) in [6.07, 6.45) is 1.96. The molecule has 0 spiro atoms. The second-order valence-corrected chi connectivity index (χ2v) is 6.40. The van der Waals surface area contributed by atoms with Crippen LogP contribution in [-0.2, 0) is 7.05 Å². The van der Waals surface area contributed by atoms with Crippen molar-refractivity contribution in [1.29, 1.82) is 0 Å². The standard InChI is InChI=1S/C18H21N3O3/c1-11-16(12(2)20(3)19-11)14-7-5-9-21(14)18(22)13-6-4-8-15-17(13)24-10-23-15/h4,6,8,14H,5,7,9-10H2,1-3H3. The van der Waals surface area contributed by atoms with Gasteiger partial charge in [0.05, 0.1) is 17.3 Å². The van der Waals surface area contributed by atoms with Crippen molar-refractivity contribution in [3.05, 3.63) is 40.7 Å². The second-order valence-electron chi connectivity index (χ2n) is 6.40. The molecule has 2 aromatic rings. The van der Waals surface area contributed by atoms with Gasteiger partial charge >= 0.3 is 0 Å². The van der Waals surface area contributed by atoms with E-state index in [1.807, 2.05) is 41.8 Å². The van der Waals surface area contributed by atoms with Gasteiger partial charge in [0.25, 0.3) is 5.91 Å². The number of carbonyl (C=O) groups is 1. The number of aromatic nitrogens is 2. The van der Waals surface area contributed by atoms with Crippen LogP contribution in [0.3, 0.4) is 0 Å². The lowest BCUT2D eigenvalue weighted by molar-refractivity contribution is 0.0730. The van der Waals surface area contributed by atoms with Gasteiger partial charge in [-0.1, -0.05) is 6.07 Å². The van der Waals surface area contributed by atoms with E-state index < -0.39 is 0 Å². The van der Waals surface area contributed by atoms with Crippen molar-refractivity contribution in [3.8, 4) is 11.5 Å². The topological polar surface area (TPSA) is 56.6 Å². The zero-order chi connectivity index (χ0) is 16.8. The van der Waals surface area contributed by atoms with E-state index in [1.54, 1.807) is 0 Å². The van der Waals surface area contributed by atoms with Crippen molar-refractivity contribution in [2.75, 3.05) is 13.3 Å². The van der Waals surface area contributed by atoms with Crippen LogP contribution in [0.25, 0.3) is 0 Å². The monoisotopic (exact) mass is 327 g/mol. The van der Waals surface area contributed by atoms with Crippen molar-refractivity contribution in [3.63, 3.8) is 0 Å². The average molecular weight is 327 g/mol. The lowest BCUT2D eigenvalue weighted by Gasteiger charge is -2.26. The van der Waals surface area contributed by atoms with Gasteiger partial charge in [-0.05, 0) is 38.8 Å². The maximum atomic E-state index is 13.2. The fourth-order valence-electron chi connectivity index (χ4n) is 3.84. The number of rotatable bonds is 2. The van der Waals surface area contributed by atoms with Gasteiger partial charge in [-0.2, -0.15) is 5.10 Å². The molecule has 6 heteroatoms. The molecule has 3 heterocycles. The van der Waals surface area contributed by atoms with E-state index >= 15 is 0 Å². The van der Waals surface area contributed by atoms with E-state index in [2.05, 4.69) is 12.0 Å². The Morgan fingerprint density at radius 3 is 2.88 bits per heavy atom. The molecule has 1 aromatic heterocycles. The summed E-state index contributed by atoms with van der Waals surface area (Å²) < 4.78 is 12.8. The molecule has 1 atom stereocenters. The molecule has 1 fully saturated rings. The Hall–Kier alpha value is -2.50. The summed E-state index contributed by atoms with van der Waals surface area (Å²) in [6.45, 7) is 5.00. The van der Waals surface area contributed by atoms with Crippen molar-refractivity contribution in [2.45, 2.75) is 32.7 Å². The van der Waals surface area contributed by atoms with Crippen LogP contribution in [-0.4, -0.2) is 33.9 Å². The molecule has 2 aliphatic rings. The highest BCUT2D eigenvalue weighted by molar-refractivity contribution is 5.98. The third kappa shape index (κ3) is 2.17. The second kappa shape index (κ2) is 5.54. The zero-order valence-corrected chi connectivity index (χ0v) is 14.2.